The van der Waals surface area contributed by atoms with E-state index in [9.17, 15) is 4.79 Å². The van der Waals surface area contributed by atoms with Crippen LogP contribution in [0.2, 0.25) is 0 Å². The maximum Gasteiger partial charge on any atom is 0.285 e. The highest BCUT2D eigenvalue weighted by Crippen LogP contribution is 2.18. The topological polar surface area (TPSA) is 72.4 Å². The molecule has 0 aliphatic heterocycles. The van der Waals surface area contributed by atoms with Gasteiger partial charge in [-0.25, -0.2) is 10.8 Å². The van der Waals surface area contributed by atoms with Gasteiger partial charge in [0.15, 0.2) is 5.69 Å². The zero-order chi connectivity index (χ0) is 11.8. The number of para-hydroxylation sites is 2. The van der Waals surface area contributed by atoms with Crippen molar-refractivity contribution in [3.05, 3.63) is 48.3 Å². The molecule has 2 heterocycles. The van der Waals surface area contributed by atoms with Crippen LogP contribution in [0.3, 0.4) is 0 Å². The lowest BCUT2D eigenvalue weighted by Gasteiger charge is -2.06. The number of benzene rings is 1. The van der Waals surface area contributed by atoms with E-state index in [1.807, 2.05) is 47.0 Å². The van der Waals surface area contributed by atoms with Gasteiger partial charge in [0.25, 0.3) is 5.91 Å². The zero-order valence-corrected chi connectivity index (χ0v) is 8.92. The molecule has 0 aliphatic rings. The third-order valence-electron chi connectivity index (χ3n) is 2.71. The van der Waals surface area contributed by atoms with Crippen LogP contribution in [0.4, 0.5) is 0 Å². The molecule has 0 saturated heterocycles. The number of hydrazine groups is 1. The standard InChI is InChI=1S/C12H10N4O/c13-15-12(17)11-10-6-3-7-16(10)9-5-2-1-4-8(9)14-11/h1-7H,13H2,(H,15,17). The van der Waals surface area contributed by atoms with Crippen LogP contribution in [-0.2, 0) is 0 Å². The third-order valence-corrected chi connectivity index (χ3v) is 2.71. The number of fused-ring (bicyclic) bond motifs is 3. The molecule has 0 atom stereocenters. The molecular weight excluding hydrogens is 216 g/mol. The molecule has 84 valence electrons. The second-order valence-corrected chi connectivity index (χ2v) is 3.69. The summed E-state index contributed by atoms with van der Waals surface area (Å²) < 4.78 is 1.92. The van der Waals surface area contributed by atoms with Crippen LogP contribution in [-0.4, -0.2) is 15.3 Å². The van der Waals surface area contributed by atoms with Crippen LogP contribution in [0.5, 0.6) is 0 Å². The second-order valence-electron chi connectivity index (χ2n) is 3.69. The van der Waals surface area contributed by atoms with Crippen molar-refractivity contribution in [3.63, 3.8) is 0 Å². The van der Waals surface area contributed by atoms with E-state index < -0.39 is 0 Å². The summed E-state index contributed by atoms with van der Waals surface area (Å²) in [6, 6.07) is 11.4. The predicted octanol–water partition coefficient (Wildman–Crippen LogP) is 1.09. The molecule has 17 heavy (non-hydrogen) atoms. The number of hydrogen-bond donors (Lipinski definition) is 2. The Balaban J connectivity index is 2.48. The average Bonchev–Trinajstić information content (AvgIpc) is 2.86. The average molecular weight is 226 g/mol. The van der Waals surface area contributed by atoms with Gasteiger partial charge in [0.05, 0.1) is 16.6 Å². The summed E-state index contributed by atoms with van der Waals surface area (Å²) >= 11 is 0. The molecule has 0 spiro atoms. The molecule has 0 radical (unpaired) electrons. The van der Waals surface area contributed by atoms with Crippen LogP contribution in [0.25, 0.3) is 16.6 Å². The second kappa shape index (κ2) is 3.57. The Morgan fingerprint density at radius 1 is 1.18 bits per heavy atom. The van der Waals surface area contributed by atoms with Crippen molar-refractivity contribution in [2.24, 2.45) is 5.84 Å². The Morgan fingerprint density at radius 2 is 1.94 bits per heavy atom. The molecule has 5 heteroatoms. The van der Waals surface area contributed by atoms with Crippen molar-refractivity contribution >= 4 is 22.5 Å². The Hall–Kier alpha value is -2.40. The molecule has 0 unspecified atom stereocenters. The Morgan fingerprint density at radius 3 is 2.76 bits per heavy atom. The summed E-state index contributed by atoms with van der Waals surface area (Å²) in [5, 5.41) is 0. The molecule has 0 fully saturated rings. The van der Waals surface area contributed by atoms with Gasteiger partial charge in [-0.15, -0.1) is 0 Å². The summed E-state index contributed by atoms with van der Waals surface area (Å²) in [7, 11) is 0. The molecule has 5 nitrogen and oxygen atoms in total. The first-order valence-electron chi connectivity index (χ1n) is 5.18. The molecular formula is C12H10N4O. The van der Waals surface area contributed by atoms with Gasteiger partial charge in [-0.2, -0.15) is 0 Å². The summed E-state index contributed by atoms with van der Waals surface area (Å²) in [6.07, 6.45) is 1.90. The van der Waals surface area contributed by atoms with Crippen molar-refractivity contribution in [3.8, 4) is 0 Å². The van der Waals surface area contributed by atoms with E-state index in [1.54, 1.807) is 0 Å². The molecule has 1 aromatic carbocycles. The molecule has 3 aromatic rings. The Labute approximate surface area is 96.8 Å². The molecule has 0 bridgehead atoms. The number of rotatable bonds is 1. The van der Waals surface area contributed by atoms with Crippen molar-refractivity contribution < 1.29 is 4.79 Å². The van der Waals surface area contributed by atoms with E-state index in [-0.39, 0.29) is 5.91 Å². The number of nitrogens with zero attached hydrogens (tertiary/aromatic N) is 2. The SMILES string of the molecule is NNC(=O)c1nc2ccccc2n2cccc12. The van der Waals surface area contributed by atoms with Crippen LogP contribution < -0.4 is 11.3 Å². The number of amides is 1. The van der Waals surface area contributed by atoms with Gasteiger partial charge >= 0.3 is 0 Å². The lowest BCUT2D eigenvalue weighted by atomic mass is 10.2. The van der Waals surface area contributed by atoms with Crippen LogP contribution in [0.1, 0.15) is 10.5 Å². The van der Waals surface area contributed by atoms with Gasteiger partial charge < -0.3 is 4.40 Å². The van der Waals surface area contributed by atoms with Gasteiger partial charge in [0.1, 0.15) is 0 Å². The predicted molar refractivity (Wildman–Crippen MR) is 64.4 cm³/mol. The summed E-state index contributed by atoms with van der Waals surface area (Å²) in [4.78, 5) is 16.0. The van der Waals surface area contributed by atoms with Crippen molar-refractivity contribution in [1.29, 1.82) is 0 Å². The minimum atomic E-state index is -0.389. The highest BCUT2D eigenvalue weighted by molar-refractivity contribution is 6.00. The molecule has 1 amide bonds. The number of nitrogen functional groups attached to an aromatic ring is 1. The number of carbonyl (C=O) groups is 1. The smallest absolute Gasteiger partial charge is 0.285 e. The fourth-order valence-corrected chi connectivity index (χ4v) is 1.96. The monoisotopic (exact) mass is 226 g/mol. The fourth-order valence-electron chi connectivity index (χ4n) is 1.96. The molecule has 3 rings (SSSR count). The zero-order valence-electron chi connectivity index (χ0n) is 8.92. The van der Waals surface area contributed by atoms with Crippen molar-refractivity contribution in [1.82, 2.24) is 14.8 Å². The number of nitrogens with two attached hydrogens (primary N) is 1. The number of carbonyl (C=O) groups excluding carboxylic acids is 1. The largest absolute Gasteiger partial charge is 0.313 e. The highest BCUT2D eigenvalue weighted by Gasteiger charge is 2.13. The number of hydrogen-bond acceptors (Lipinski definition) is 3. The quantitative estimate of drug-likeness (QED) is 0.370. The van der Waals surface area contributed by atoms with E-state index in [0.717, 1.165) is 16.6 Å². The lowest BCUT2D eigenvalue weighted by molar-refractivity contribution is 0.0950. The van der Waals surface area contributed by atoms with Crippen molar-refractivity contribution in [2.45, 2.75) is 0 Å². The number of nitrogens with one attached hydrogen (secondary N) is 1. The summed E-state index contributed by atoms with van der Waals surface area (Å²) in [5.74, 6) is 4.77. The van der Waals surface area contributed by atoms with Gasteiger partial charge in [-0.1, -0.05) is 12.1 Å². The third kappa shape index (κ3) is 1.37. The van der Waals surface area contributed by atoms with Gasteiger partial charge in [-0.05, 0) is 24.3 Å². The molecule has 0 aliphatic carbocycles. The highest BCUT2D eigenvalue weighted by atomic mass is 16.2. The van der Waals surface area contributed by atoms with E-state index in [4.69, 9.17) is 5.84 Å². The van der Waals surface area contributed by atoms with Crippen LogP contribution >= 0.6 is 0 Å². The molecule has 2 aromatic heterocycles. The Bertz CT molecular complexity index is 717. The normalized spacial score (nSPS) is 10.9. The van der Waals surface area contributed by atoms with Crippen molar-refractivity contribution in [2.75, 3.05) is 0 Å². The van der Waals surface area contributed by atoms with Gasteiger partial charge in [-0.3, -0.25) is 10.2 Å². The van der Waals surface area contributed by atoms with Crippen LogP contribution in [0.15, 0.2) is 42.6 Å². The fraction of sp³-hybridized carbons (Fsp3) is 0. The minimum absolute atomic E-state index is 0.330. The Kier molecular flexibility index (Phi) is 2.06. The minimum Gasteiger partial charge on any atom is -0.313 e. The molecule has 3 N–H and O–H groups in total. The number of aromatic nitrogens is 2. The van der Waals surface area contributed by atoms with Crippen LogP contribution in [0, 0.1) is 0 Å². The van der Waals surface area contributed by atoms with Gasteiger partial charge in [0, 0.05) is 6.20 Å². The first-order chi connectivity index (χ1) is 8.31. The first-order valence-corrected chi connectivity index (χ1v) is 5.18. The lowest BCUT2D eigenvalue weighted by Crippen LogP contribution is -2.31. The maximum absolute atomic E-state index is 11.7. The first kappa shape index (κ1) is 9.80. The summed E-state index contributed by atoms with van der Waals surface area (Å²) in [6.45, 7) is 0. The van der Waals surface area contributed by atoms with E-state index >= 15 is 0 Å². The molecule has 0 saturated carbocycles. The van der Waals surface area contributed by atoms with E-state index in [2.05, 4.69) is 10.4 Å². The maximum atomic E-state index is 11.7. The van der Waals surface area contributed by atoms with Gasteiger partial charge in [0.2, 0.25) is 0 Å². The van der Waals surface area contributed by atoms with E-state index in [1.165, 1.54) is 0 Å². The van der Waals surface area contributed by atoms with E-state index in [0.29, 0.717) is 5.69 Å². The summed E-state index contributed by atoms with van der Waals surface area (Å²) in [5.41, 5.74) is 4.90.